The summed E-state index contributed by atoms with van der Waals surface area (Å²) in [4.78, 5) is 0. The van der Waals surface area contributed by atoms with Crippen LogP contribution in [0.25, 0.3) is 23.1 Å². The molecule has 2 aliphatic rings. The van der Waals surface area contributed by atoms with Crippen LogP contribution in [0.3, 0.4) is 0 Å². The van der Waals surface area contributed by atoms with Gasteiger partial charge in [-0.25, -0.2) is 0 Å². The van der Waals surface area contributed by atoms with Crippen molar-refractivity contribution >= 4 is 23.1 Å². The number of para-hydroxylation sites is 1. The van der Waals surface area contributed by atoms with Gasteiger partial charge in [-0.1, -0.05) is 72.4 Å². The van der Waals surface area contributed by atoms with Crippen LogP contribution in [0.4, 0.5) is 0 Å². The Bertz CT molecular complexity index is 870. The lowest BCUT2D eigenvalue weighted by Gasteiger charge is -2.24. The quantitative estimate of drug-likeness (QED) is 0.634. The minimum Gasteiger partial charge on any atom is -0.456 e. The molecule has 4 rings (SSSR count). The van der Waals surface area contributed by atoms with Gasteiger partial charge in [0.1, 0.15) is 11.3 Å². The Morgan fingerprint density at radius 2 is 1.86 bits per heavy atom. The maximum absolute atomic E-state index is 5.99. The van der Waals surface area contributed by atoms with E-state index in [9.17, 15) is 0 Å². The molecule has 0 spiro atoms. The Morgan fingerprint density at radius 3 is 2.82 bits per heavy atom. The fourth-order valence-corrected chi connectivity index (χ4v) is 3.13. The molecule has 1 atom stereocenters. The molecule has 0 fully saturated rings. The van der Waals surface area contributed by atoms with Crippen molar-refractivity contribution in [3.05, 3.63) is 83.7 Å². The fraction of sp³-hybridized carbons (Fsp3) is 0.143. The summed E-state index contributed by atoms with van der Waals surface area (Å²) in [5.41, 5.74) is 3.43. The molecule has 1 unspecified atom stereocenters. The maximum Gasteiger partial charge on any atom is 0.135 e. The molecule has 0 radical (unpaired) electrons. The summed E-state index contributed by atoms with van der Waals surface area (Å²) < 4.78 is 5.99. The van der Waals surface area contributed by atoms with E-state index in [1.807, 2.05) is 12.1 Å². The van der Waals surface area contributed by atoms with Crippen LogP contribution in [0.1, 0.15) is 24.7 Å². The number of hydrogen-bond acceptors (Lipinski definition) is 1. The van der Waals surface area contributed by atoms with Crippen LogP contribution < -0.4 is 0 Å². The summed E-state index contributed by atoms with van der Waals surface area (Å²) >= 11 is 0. The van der Waals surface area contributed by atoms with E-state index in [1.54, 1.807) is 0 Å². The van der Waals surface area contributed by atoms with E-state index >= 15 is 0 Å². The number of hydrogen-bond donors (Lipinski definition) is 0. The first-order valence-electron chi connectivity index (χ1n) is 7.69. The van der Waals surface area contributed by atoms with Crippen molar-refractivity contribution in [1.82, 2.24) is 0 Å². The van der Waals surface area contributed by atoms with Gasteiger partial charge in [0.15, 0.2) is 0 Å². The van der Waals surface area contributed by atoms with Crippen molar-refractivity contribution in [1.29, 1.82) is 0 Å². The predicted molar refractivity (Wildman–Crippen MR) is 93.4 cm³/mol. The molecule has 0 N–H and O–H groups in total. The molecule has 1 heteroatoms. The van der Waals surface area contributed by atoms with Gasteiger partial charge in [-0.05, 0) is 25.5 Å². The monoisotopic (exact) mass is 286 g/mol. The lowest BCUT2D eigenvalue weighted by molar-refractivity contribution is 0.601. The van der Waals surface area contributed by atoms with E-state index in [1.165, 1.54) is 16.5 Å². The van der Waals surface area contributed by atoms with Crippen LogP contribution in [0, 0.1) is 5.41 Å². The Morgan fingerprint density at radius 1 is 1.00 bits per heavy atom. The largest absolute Gasteiger partial charge is 0.456 e. The average Bonchev–Trinajstić information content (AvgIpc) is 2.72. The van der Waals surface area contributed by atoms with Crippen LogP contribution in [0.2, 0.25) is 0 Å². The molecular formula is C21H18O. The second kappa shape index (κ2) is 5.03. The molecule has 1 heterocycles. The molecule has 0 saturated heterocycles. The summed E-state index contributed by atoms with van der Waals surface area (Å²) in [6, 6.07) is 8.21. The van der Waals surface area contributed by atoms with E-state index < -0.39 is 0 Å². The summed E-state index contributed by atoms with van der Waals surface area (Å²) in [5, 5.41) is 1.18. The Kier molecular flexibility index (Phi) is 3.00. The number of allylic oxidation sites excluding steroid dienone is 8. The van der Waals surface area contributed by atoms with Crippen molar-refractivity contribution in [3.8, 4) is 0 Å². The normalized spacial score (nSPS) is 23.2. The van der Waals surface area contributed by atoms with Crippen LogP contribution in [-0.2, 0) is 0 Å². The molecule has 0 amide bonds. The topological polar surface area (TPSA) is 13.1 Å². The summed E-state index contributed by atoms with van der Waals surface area (Å²) in [7, 11) is 0. The summed E-state index contributed by atoms with van der Waals surface area (Å²) in [5.74, 6) is 0.946. The lowest BCUT2D eigenvalue weighted by Crippen LogP contribution is -2.12. The highest BCUT2D eigenvalue weighted by Gasteiger charge is 2.25. The minimum atomic E-state index is -0.0817. The van der Waals surface area contributed by atoms with Gasteiger partial charge in [0, 0.05) is 16.4 Å². The standard InChI is InChI=1S/C21H18O/c1-21(16-8-4-2-3-5-9-16)14-12-18-17-10-6-7-11-19(17)22-20(18)13-15-21/h2-8,10-15H,9H2,1H3. The zero-order valence-corrected chi connectivity index (χ0v) is 12.6. The Labute approximate surface area is 130 Å². The van der Waals surface area contributed by atoms with Gasteiger partial charge >= 0.3 is 0 Å². The molecular weight excluding hydrogens is 268 g/mol. The summed E-state index contributed by atoms with van der Waals surface area (Å²) in [6.45, 7) is 2.26. The molecule has 2 aliphatic carbocycles. The van der Waals surface area contributed by atoms with Gasteiger partial charge in [-0.2, -0.15) is 0 Å². The predicted octanol–water partition coefficient (Wildman–Crippen LogP) is 5.92. The van der Waals surface area contributed by atoms with Crippen molar-refractivity contribution in [3.63, 3.8) is 0 Å². The SMILES string of the molecule is CC1(C2=CC=CC=CC2)C=Cc2oc3ccccc3c2C=C1. The molecule has 2 aromatic rings. The Balaban J connectivity index is 1.81. The third kappa shape index (κ3) is 2.10. The first-order chi connectivity index (χ1) is 10.8. The number of rotatable bonds is 1. The van der Waals surface area contributed by atoms with Crippen molar-refractivity contribution < 1.29 is 4.42 Å². The van der Waals surface area contributed by atoms with Crippen LogP contribution >= 0.6 is 0 Å². The number of benzene rings is 1. The second-order valence-electron chi connectivity index (χ2n) is 6.03. The van der Waals surface area contributed by atoms with Gasteiger partial charge in [0.2, 0.25) is 0 Å². The highest BCUT2D eigenvalue weighted by atomic mass is 16.3. The molecule has 0 bridgehead atoms. The average molecular weight is 286 g/mol. The van der Waals surface area contributed by atoms with Crippen LogP contribution in [0.15, 0.2) is 76.8 Å². The van der Waals surface area contributed by atoms with E-state index in [0.29, 0.717) is 0 Å². The zero-order valence-electron chi connectivity index (χ0n) is 12.6. The molecule has 108 valence electrons. The highest BCUT2D eigenvalue weighted by molar-refractivity contribution is 5.91. The molecule has 0 aliphatic heterocycles. The minimum absolute atomic E-state index is 0.0817. The van der Waals surface area contributed by atoms with Gasteiger partial charge in [0.25, 0.3) is 0 Å². The molecule has 0 saturated carbocycles. The first-order valence-corrected chi connectivity index (χ1v) is 7.69. The van der Waals surface area contributed by atoms with Gasteiger partial charge < -0.3 is 4.42 Å². The van der Waals surface area contributed by atoms with Crippen molar-refractivity contribution in [2.24, 2.45) is 5.41 Å². The number of fused-ring (bicyclic) bond motifs is 3. The first kappa shape index (κ1) is 13.1. The third-order valence-corrected chi connectivity index (χ3v) is 4.53. The van der Waals surface area contributed by atoms with E-state index in [4.69, 9.17) is 4.42 Å². The Hall–Kier alpha value is -2.54. The second-order valence-corrected chi connectivity index (χ2v) is 6.03. The molecule has 1 nitrogen and oxygen atoms in total. The smallest absolute Gasteiger partial charge is 0.135 e. The fourth-order valence-electron chi connectivity index (χ4n) is 3.13. The maximum atomic E-state index is 5.99. The van der Waals surface area contributed by atoms with E-state index in [-0.39, 0.29) is 5.41 Å². The third-order valence-electron chi connectivity index (χ3n) is 4.53. The van der Waals surface area contributed by atoms with Gasteiger partial charge in [-0.15, -0.1) is 0 Å². The van der Waals surface area contributed by atoms with Crippen LogP contribution in [-0.4, -0.2) is 0 Å². The van der Waals surface area contributed by atoms with Gasteiger partial charge in [-0.3, -0.25) is 0 Å². The molecule has 1 aromatic carbocycles. The summed E-state index contributed by atoms with van der Waals surface area (Å²) in [6.07, 6.45) is 20.6. The molecule has 22 heavy (non-hydrogen) atoms. The van der Waals surface area contributed by atoms with Crippen molar-refractivity contribution in [2.75, 3.05) is 0 Å². The van der Waals surface area contributed by atoms with Crippen molar-refractivity contribution in [2.45, 2.75) is 13.3 Å². The van der Waals surface area contributed by atoms with E-state index in [2.05, 4.69) is 73.7 Å². The molecule has 1 aromatic heterocycles. The lowest BCUT2D eigenvalue weighted by atomic mass is 9.79. The van der Waals surface area contributed by atoms with Crippen LogP contribution in [0.5, 0.6) is 0 Å². The highest BCUT2D eigenvalue weighted by Crippen LogP contribution is 2.39. The number of furan rings is 1. The zero-order chi connectivity index (χ0) is 15.0. The van der Waals surface area contributed by atoms with E-state index in [0.717, 1.165) is 17.8 Å². The van der Waals surface area contributed by atoms with Gasteiger partial charge in [0.05, 0.1) is 0 Å².